The summed E-state index contributed by atoms with van der Waals surface area (Å²) in [4.78, 5) is 6.76. The third-order valence-corrected chi connectivity index (χ3v) is 3.61. The summed E-state index contributed by atoms with van der Waals surface area (Å²) in [6.07, 6.45) is 3.42. The van der Waals surface area contributed by atoms with E-state index in [2.05, 4.69) is 29.8 Å². The van der Waals surface area contributed by atoms with E-state index in [1.165, 1.54) is 12.1 Å². The van der Waals surface area contributed by atoms with Gasteiger partial charge in [-0.2, -0.15) is 0 Å². The number of aromatic nitrogens is 1. The fourth-order valence-electron chi connectivity index (χ4n) is 2.63. The van der Waals surface area contributed by atoms with Crippen molar-refractivity contribution in [2.24, 2.45) is 5.92 Å². The van der Waals surface area contributed by atoms with Gasteiger partial charge >= 0.3 is 0 Å². The first-order valence-electron chi connectivity index (χ1n) is 6.52. The lowest BCUT2D eigenvalue weighted by atomic mass is 10.1. The molecule has 1 saturated heterocycles. The first-order valence-corrected chi connectivity index (χ1v) is 6.52. The fourth-order valence-corrected chi connectivity index (χ4v) is 2.63. The summed E-state index contributed by atoms with van der Waals surface area (Å²) in [5.74, 6) is 0.755. The van der Waals surface area contributed by atoms with Crippen LogP contribution in [-0.4, -0.2) is 22.7 Å². The zero-order valence-electron chi connectivity index (χ0n) is 10.9. The second-order valence-corrected chi connectivity index (χ2v) is 5.21. The molecule has 0 bridgehead atoms. The van der Waals surface area contributed by atoms with E-state index < -0.39 is 6.10 Å². The Kier molecular flexibility index (Phi) is 3.67. The van der Waals surface area contributed by atoms with Gasteiger partial charge in [0.05, 0.1) is 23.7 Å². The van der Waals surface area contributed by atoms with Crippen molar-refractivity contribution in [3.8, 4) is 0 Å². The molecule has 0 spiro atoms. The van der Waals surface area contributed by atoms with E-state index in [4.69, 9.17) is 0 Å². The van der Waals surface area contributed by atoms with Crippen LogP contribution in [0.1, 0.15) is 45.4 Å². The summed E-state index contributed by atoms with van der Waals surface area (Å²) in [6, 6.07) is 4.61. The third-order valence-electron chi connectivity index (χ3n) is 3.61. The molecule has 0 aromatic carbocycles. The van der Waals surface area contributed by atoms with Gasteiger partial charge in [-0.1, -0.05) is 13.8 Å². The first kappa shape index (κ1) is 12.4. The molecule has 2 heterocycles. The summed E-state index contributed by atoms with van der Waals surface area (Å²) >= 11 is 0. The SMILES string of the molecule is CC[C@@H](O)c1ccc(N2CC(C)CC2C)cn1. The maximum atomic E-state index is 9.70. The largest absolute Gasteiger partial charge is 0.387 e. The zero-order chi connectivity index (χ0) is 12.4. The molecule has 3 nitrogen and oxygen atoms in total. The van der Waals surface area contributed by atoms with Crippen LogP contribution < -0.4 is 4.90 Å². The van der Waals surface area contributed by atoms with Crippen molar-refractivity contribution < 1.29 is 5.11 Å². The van der Waals surface area contributed by atoms with Crippen LogP contribution in [0.4, 0.5) is 5.69 Å². The highest BCUT2D eigenvalue weighted by Crippen LogP contribution is 2.28. The van der Waals surface area contributed by atoms with E-state index in [1.54, 1.807) is 0 Å². The molecule has 2 unspecified atom stereocenters. The molecule has 2 rings (SSSR count). The van der Waals surface area contributed by atoms with E-state index in [1.807, 2.05) is 19.2 Å². The van der Waals surface area contributed by atoms with Gasteiger partial charge in [0.1, 0.15) is 0 Å². The molecule has 1 aromatic heterocycles. The standard InChI is InChI=1S/C14H22N2O/c1-4-14(17)13-6-5-12(8-15-13)16-9-10(2)7-11(16)3/h5-6,8,10-11,14,17H,4,7,9H2,1-3H3/t10?,11?,14-/m1/s1. The van der Waals surface area contributed by atoms with Crippen molar-refractivity contribution in [2.45, 2.75) is 45.8 Å². The third kappa shape index (κ3) is 2.60. The lowest BCUT2D eigenvalue weighted by Gasteiger charge is -2.23. The Morgan fingerprint density at radius 3 is 2.71 bits per heavy atom. The van der Waals surface area contributed by atoms with E-state index in [0.717, 1.165) is 18.2 Å². The second-order valence-electron chi connectivity index (χ2n) is 5.21. The van der Waals surface area contributed by atoms with E-state index in [0.29, 0.717) is 12.5 Å². The molecule has 1 fully saturated rings. The highest BCUT2D eigenvalue weighted by atomic mass is 16.3. The van der Waals surface area contributed by atoms with Gasteiger partial charge in [0.25, 0.3) is 0 Å². The number of aliphatic hydroxyl groups is 1. The van der Waals surface area contributed by atoms with Gasteiger partial charge in [-0.25, -0.2) is 0 Å². The molecule has 1 aliphatic heterocycles. The molecule has 0 saturated carbocycles. The number of aliphatic hydroxyl groups excluding tert-OH is 1. The van der Waals surface area contributed by atoms with Crippen molar-refractivity contribution in [3.63, 3.8) is 0 Å². The monoisotopic (exact) mass is 234 g/mol. The Labute approximate surface area is 103 Å². The first-order chi connectivity index (χ1) is 8.11. The fraction of sp³-hybridized carbons (Fsp3) is 0.643. The summed E-state index contributed by atoms with van der Waals surface area (Å²) in [6.45, 7) is 7.63. The molecular weight excluding hydrogens is 212 g/mol. The molecule has 94 valence electrons. The molecular formula is C14H22N2O. The molecule has 3 heteroatoms. The van der Waals surface area contributed by atoms with Crippen molar-refractivity contribution in [1.82, 2.24) is 4.98 Å². The molecule has 1 aromatic rings. The number of rotatable bonds is 3. The average molecular weight is 234 g/mol. The quantitative estimate of drug-likeness (QED) is 0.873. The summed E-state index contributed by atoms with van der Waals surface area (Å²) in [7, 11) is 0. The Balaban J connectivity index is 2.13. The molecule has 3 atom stereocenters. The predicted molar refractivity (Wildman–Crippen MR) is 70.1 cm³/mol. The Morgan fingerprint density at radius 1 is 1.47 bits per heavy atom. The Morgan fingerprint density at radius 2 is 2.24 bits per heavy atom. The van der Waals surface area contributed by atoms with Gasteiger partial charge in [0.2, 0.25) is 0 Å². The maximum absolute atomic E-state index is 9.70. The van der Waals surface area contributed by atoms with E-state index >= 15 is 0 Å². The van der Waals surface area contributed by atoms with Gasteiger partial charge in [-0.3, -0.25) is 4.98 Å². The van der Waals surface area contributed by atoms with Gasteiger partial charge in [-0.15, -0.1) is 0 Å². The highest BCUT2D eigenvalue weighted by Gasteiger charge is 2.26. The topological polar surface area (TPSA) is 36.4 Å². The second kappa shape index (κ2) is 5.05. The van der Waals surface area contributed by atoms with E-state index in [9.17, 15) is 5.11 Å². The molecule has 0 amide bonds. The maximum Gasteiger partial charge on any atom is 0.0957 e. The van der Waals surface area contributed by atoms with E-state index in [-0.39, 0.29) is 0 Å². The minimum absolute atomic E-state index is 0.432. The molecule has 0 aliphatic carbocycles. The Bertz CT molecular complexity index is 363. The van der Waals surface area contributed by atoms with Crippen molar-refractivity contribution >= 4 is 5.69 Å². The van der Waals surface area contributed by atoms with Crippen LogP contribution in [-0.2, 0) is 0 Å². The van der Waals surface area contributed by atoms with Gasteiger partial charge in [-0.05, 0) is 37.8 Å². The van der Waals surface area contributed by atoms with Crippen LogP contribution in [0.25, 0.3) is 0 Å². The predicted octanol–water partition coefficient (Wildman–Crippen LogP) is 2.76. The number of hydrogen-bond acceptors (Lipinski definition) is 3. The zero-order valence-corrected chi connectivity index (χ0v) is 10.9. The van der Waals surface area contributed by atoms with Gasteiger partial charge in [0.15, 0.2) is 0 Å². The minimum Gasteiger partial charge on any atom is -0.387 e. The molecule has 1 N–H and O–H groups in total. The van der Waals surface area contributed by atoms with Crippen LogP contribution in [0.5, 0.6) is 0 Å². The smallest absolute Gasteiger partial charge is 0.0957 e. The number of nitrogens with zero attached hydrogens (tertiary/aromatic N) is 2. The van der Waals surface area contributed by atoms with Crippen molar-refractivity contribution in [2.75, 3.05) is 11.4 Å². The highest BCUT2D eigenvalue weighted by molar-refractivity contribution is 5.47. The van der Waals surface area contributed by atoms with Crippen molar-refractivity contribution in [1.29, 1.82) is 0 Å². The van der Waals surface area contributed by atoms with Crippen LogP contribution in [0.3, 0.4) is 0 Å². The molecule has 0 radical (unpaired) electrons. The number of hydrogen-bond donors (Lipinski definition) is 1. The van der Waals surface area contributed by atoms with Crippen LogP contribution in [0.2, 0.25) is 0 Å². The lowest BCUT2D eigenvalue weighted by Crippen LogP contribution is -2.26. The molecule has 1 aliphatic rings. The van der Waals surface area contributed by atoms with Gasteiger partial charge in [0, 0.05) is 12.6 Å². The summed E-state index contributed by atoms with van der Waals surface area (Å²) in [5.41, 5.74) is 1.95. The molecule has 17 heavy (non-hydrogen) atoms. The average Bonchev–Trinajstić information content (AvgIpc) is 2.68. The normalized spacial score (nSPS) is 26.2. The minimum atomic E-state index is -0.432. The van der Waals surface area contributed by atoms with Crippen LogP contribution in [0.15, 0.2) is 18.3 Å². The van der Waals surface area contributed by atoms with Gasteiger partial charge < -0.3 is 10.0 Å². The Hall–Kier alpha value is -1.09. The summed E-state index contributed by atoms with van der Waals surface area (Å²) in [5, 5.41) is 9.70. The van der Waals surface area contributed by atoms with Crippen molar-refractivity contribution in [3.05, 3.63) is 24.0 Å². The van der Waals surface area contributed by atoms with Crippen LogP contribution >= 0.6 is 0 Å². The number of anilines is 1. The summed E-state index contributed by atoms with van der Waals surface area (Å²) < 4.78 is 0. The number of pyridine rings is 1. The van der Waals surface area contributed by atoms with Crippen LogP contribution in [0, 0.1) is 5.92 Å². The lowest BCUT2D eigenvalue weighted by molar-refractivity contribution is 0.169.